The Balaban J connectivity index is 2.11. The van der Waals surface area contributed by atoms with Gasteiger partial charge in [-0.1, -0.05) is 19.1 Å². The Labute approximate surface area is 103 Å². The third-order valence-corrected chi connectivity index (χ3v) is 3.48. The zero-order valence-electron chi connectivity index (χ0n) is 10.6. The molecule has 0 aromatic heterocycles. The van der Waals surface area contributed by atoms with E-state index >= 15 is 0 Å². The zero-order chi connectivity index (χ0) is 12.3. The predicted molar refractivity (Wildman–Crippen MR) is 68.4 cm³/mol. The van der Waals surface area contributed by atoms with Crippen LogP contribution in [-0.4, -0.2) is 24.9 Å². The van der Waals surface area contributed by atoms with E-state index in [9.17, 15) is 5.11 Å². The Bertz CT molecular complexity index is 378. The van der Waals surface area contributed by atoms with Gasteiger partial charge < -0.3 is 15.2 Å². The van der Waals surface area contributed by atoms with Crippen molar-refractivity contribution < 1.29 is 9.84 Å². The molecule has 2 N–H and O–H groups in total. The Kier molecular flexibility index (Phi) is 4.02. The van der Waals surface area contributed by atoms with Crippen LogP contribution in [0.4, 0.5) is 0 Å². The smallest absolute Gasteiger partial charge is 0.122 e. The van der Waals surface area contributed by atoms with Crippen LogP contribution < -0.4 is 10.1 Å². The minimum Gasteiger partial charge on any atom is -0.491 e. The van der Waals surface area contributed by atoms with Crippen molar-refractivity contribution in [2.45, 2.75) is 38.3 Å². The van der Waals surface area contributed by atoms with Crippen LogP contribution in [0.3, 0.4) is 0 Å². The van der Waals surface area contributed by atoms with Gasteiger partial charge in [-0.05, 0) is 43.5 Å². The number of fused-ring (bicyclic) bond motifs is 1. The normalized spacial score (nSPS) is 20.1. The molecular formula is C14H21NO2. The lowest BCUT2D eigenvalue weighted by atomic mass is 10.1. The second kappa shape index (κ2) is 5.52. The minimum atomic E-state index is -0.368. The molecule has 0 aliphatic heterocycles. The van der Waals surface area contributed by atoms with Gasteiger partial charge in [0.15, 0.2) is 0 Å². The highest BCUT2D eigenvalue weighted by Crippen LogP contribution is 2.36. The van der Waals surface area contributed by atoms with Crippen LogP contribution in [0.15, 0.2) is 18.2 Å². The maximum atomic E-state index is 9.53. The van der Waals surface area contributed by atoms with Gasteiger partial charge >= 0.3 is 0 Å². The molecule has 1 aromatic rings. The first-order chi connectivity index (χ1) is 8.26. The number of benzene rings is 1. The summed E-state index contributed by atoms with van der Waals surface area (Å²) in [6.07, 6.45) is 2.54. The summed E-state index contributed by atoms with van der Waals surface area (Å²) in [5, 5.41) is 12.8. The first-order valence-electron chi connectivity index (χ1n) is 6.36. The molecule has 94 valence electrons. The summed E-state index contributed by atoms with van der Waals surface area (Å²) in [6, 6.07) is 6.64. The van der Waals surface area contributed by atoms with Gasteiger partial charge in [0.2, 0.25) is 0 Å². The Hall–Kier alpha value is -1.06. The molecule has 2 atom stereocenters. The van der Waals surface area contributed by atoms with E-state index in [1.807, 2.05) is 26.1 Å². The van der Waals surface area contributed by atoms with Gasteiger partial charge in [-0.2, -0.15) is 0 Å². The molecule has 0 radical (unpaired) electrons. The molecule has 0 amide bonds. The van der Waals surface area contributed by atoms with E-state index in [4.69, 9.17) is 4.74 Å². The summed E-state index contributed by atoms with van der Waals surface area (Å²) >= 11 is 0. The zero-order valence-corrected chi connectivity index (χ0v) is 10.6. The van der Waals surface area contributed by atoms with E-state index in [0.29, 0.717) is 12.6 Å². The van der Waals surface area contributed by atoms with E-state index in [1.54, 1.807) is 0 Å². The highest BCUT2D eigenvalue weighted by Gasteiger charge is 2.23. The van der Waals surface area contributed by atoms with Crippen LogP contribution in [0, 0.1) is 0 Å². The lowest BCUT2D eigenvalue weighted by Gasteiger charge is -2.14. The minimum absolute atomic E-state index is 0.368. The monoisotopic (exact) mass is 235 g/mol. The van der Waals surface area contributed by atoms with Crippen molar-refractivity contribution in [1.29, 1.82) is 0 Å². The summed E-state index contributed by atoms with van der Waals surface area (Å²) in [5.41, 5.74) is 2.64. The first kappa shape index (κ1) is 12.4. The third-order valence-electron chi connectivity index (χ3n) is 3.48. The predicted octanol–water partition coefficient (Wildman–Crippen LogP) is 2.04. The lowest BCUT2D eigenvalue weighted by Crippen LogP contribution is -2.16. The van der Waals surface area contributed by atoms with Crippen LogP contribution in [0.2, 0.25) is 0 Å². The van der Waals surface area contributed by atoms with Gasteiger partial charge in [-0.3, -0.25) is 0 Å². The van der Waals surface area contributed by atoms with Crippen LogP contribution in [0.5, 0.6) is 5.75 Å². The molecule has 1 aliphatic carbocycles. The van der Waals surface area contributed by atoms with Crippen LogP contribution >= 0.6 is 0 Å². The Morgan fingerprint density at radius 1 is 1.53 bits per heavy atom. The van der Waals surface area contributed by atoms with Gasteiger partial charge in [0.05, 0.1) is 6.10 Å². The molecule has 3 heteroatoms. The highest BCUT2D eigenvalue weighted by atomic mass is 16.5. The third kappa shape index (κ3) is 2.61. The molecule has 0 bridgehead atoms. The number of aliphatic hydroxyl groups is 1. The SMILES string of the molecule is CCC(O)COc1cccc2c1CCC2NC. The van der Waals surface area contributed by atoms with E-state index in [1.165, 1.54) is 11.1 Å². The largest absolute Gasteiger partial charge is 0.491 e. The van der Waals surface area contributed by atoms with E-state index in [0.717, 1.165) is 25.0 Å². The molecule has 1 aromatic carbocycles. The van der Waals surface area contributed by atoms with Crippen molar-refractivity contribution in [1.82, 2.24) is 5.32 Å². The summed E-state index contributed by atoms with van der Waals surface area (Å²) in [7, 11) is 1.99. The van der Waals surface area contributed by atoms with Crippen molar-refractivity contribution >= 4 is 0 Å². The van der Waals surface area contributed by atoms with Gasteiger partial charge in [0, 0.05) is 6.04 Å². The average Bonchev–Trinajstić information content (AvgIpc) is 2.79. The fourth-order valence-corrected chi connectivity index (χ4v) is 2.36. The number of hydrogen-bond donors (Lipinski definition) is 2. The summed E-state index contributed by atoms with van der Waals surface area (Å²) in [6.45, 7) is 2.34. The van der Waals surface area contributed by atoms with E-state index in [-0.39, 0.29) is 6.10 Å². The Morgan fingerprint density at radius 2 is 2.35 bits per heavy atom. The number of hydrogen-bond acceptors (Lipinski definition) is 3. The fourth-order valence-electron chi connectivity index (χ4n) is 2.36. The Morgan fingerprint density at radius 3 is 3.06 bits per heavy atom. The topological polar surface area (TPSA) is 41.5 Å². The van der Waals surface area contributed by atoms with Crippen molar-refractivity contribution in [2.75, 3.05) is 13.7 Å². The molecule has 0 spiro atoms. The molecular weight excluding hydrogens is 214 g/mol. The molecule has 0 saturated carbocycles. The number of nitrogens with one attached hydrogen (secondary N) is 1. The quantitative estimate of drug-likeness (QED) is 0.820. The van der Waals surface area contributed by atoms with Gasteiger partial charge in [-0.15, -0.1) is 0 Å². The number of rotatable bonds is 5. The number of aliphatic hydroxyl groups excluding tert-OH is 1. The molecule has 17 heavy (non-hydrogen) atoms. The summed E-state index contributed by atoms with van der Waals surface area (Å²) < 4.78 is 5.72. The molecule has 1 aliphatic rings. The van der Waals surface area contributed by atoms with Gasteiger partial charge in [0.1, 0.15) is 12.4 Å². The number of ether oxygens (including phenoxy) is 1. The maximum Gasteiger partial charge on any atom is 0.122 e. The molecule has 0 saturated heterocycles. The van der Waals surface area contributed by atoms with Crippen LogP contribution in [0.1, 0.15) is 36.9 Å². The van der Waals surface area contributed by atoms with Gasteiger partial charge in [-0.25, -0.2) is 0 Å². The fraction of sp³-hybridized carbons (Fsp3) is 0.571. The standard InChI is InChI=1S/C14H21NO2/c1-3-10(16)9-17-14-6-4-5-11-12(14)7-8-13(11)15-2/h4-6,10,13,15-16H,3,7-9H2,1-2H3. The molecule has 0 heterocycles. The maximum absolute atomic E-state index is 9.53. The van der Waals surface area contributed by atoms with E-state index in [2.05, 4.69) is 11.4 Å². The first-order valence-corrected chi connectivity index (χ1v) is 6.36. The van der Waals surface area contributed by atoms with Crippen molar-refractivity contribution in [3.63, 3.8) is 0 Å². The summed E-state index contributed by atoms with van der Waals surface area (Å²) in [4.78, 5) is 0. The average molecular weight is 235 g/mol. The van der Waals surface area contributed by atoms with Crippen LogP contribution in [-0.2, 0) is 6.42 Å². The molecule has 2 unspecified atom stereocenters. The molecule has 2 rings (SSSR count). The second-order valence-corrected chi connectivity index (χ2v) is 4.58. The molecule has 0 fully saturated rings. The summed E-state index contributed by atoms with van der Waals surface area (Å²) in [5.74, 6) is 0.938. The van der Waals surface area contributed by atoms with E-state index < -0.39 is 0 Å². The van der Waals surface area contributed by atoms with Crippen molar-refractivity contribution in [3.8, 4) is 5.75 Å². The highest BCUT2D eigenvalue weighted by molar-refractivity contribution is 5.45. The van der Waals surface area contributed by atoms with Crippen LogP contribution in [0.25, 0.3) is 0 Å². The van der Waals surface area contributed by atoms with Crippen molar-refractivity contribution in [2.24, 2.45) is 0 Å². The lowest BCUT2D eigenvalue weighted by molar-refractivity contribution is 0.104. The van der Waals surface area contributed by atoms with Crippen molar-refractivity contribution in [3.05, 3.63) is 29.3 Å². The molecule has 3 nitrogen and oxygen atoms in total. The second-order valence-electron chi connectivity index (χ2n) is 4.58. The van der Waals surface area contributed by atoms with Gasteiger partial charge in [0.25, 0.3) is 0 Å².